The normalized spacial score (nSPS) is 17.6. The molecule has 0 aromatic heterocycles. The minimum Gasteiger partial charge on any atom is -0.376 e. The highest BCUT2D eigenvalue weighted by Crippen LogP contribution is 2.38. The van der Waals surface area contributed by atoms with Crippen molar-refractivity contribution in [2.24, 2.45) is 0 Å². The molecule has 128 valence electrons. The van der Waals surface area contributed by atoms with E-state index < -0.39 is 33.3 Å². The van der Waals surface area contributed by atoms with Crippen LogP contribution in [-0.4, -0.2) is 13.9 Å². The van der Waals surface area contributed by atoms with Gasteiger partial charge < -0.3 is 8.92 Å². The summed E-state index contributed by atoms with van der Waals surface area (Å²) in [7, 11) is -5.72. The first kappa shape index (κ1) is 16.7. The van der Waals surface area contributed by atoms with Gasteiger partial charge in [-0.1, -0.05) is 18.2 Å². The summed E-state index contributed by atoms with van der Waals surface area (Å²) in [5.74, 6) is -0.854. The summed E-state index contributed by atoms with van der Waals surface area (Å²) >= 11 is 0. The molecule has 0 fully saturated rings. The van der Waals surface area contributed by atoms with Gasteiger partial charge >= 0.3 is 15.6 Å². The topological polar surface area (TPSA) is 52.6 Å². The highest BCUT2D eigenvalue weighted by molar-refractivity contribution is 7.88. The van der Waals surface area contributed by atoms with Gasteiger partial charge in [-0.2, -0.15) is 21.6 Å². The quantitative estimate of drug-likeness (QED) is 0.475. The van der Waals surface area contributed by atoms with Crippen molar-refractivity contribution in [1.82, 2.24) is 0 Å². The Bertz CT molecular complexity index is 860. The molecule has 0 saturated heterocycles. The second-order valence-corrected chi connectivity index (χ2v) is 6.62. The average molecular weight is 362 g/mol. The van der Waals surface area contributed by atoms with Gasteiger partial charge in [0.1, 0.15) is 17.7 Å². The molecule has 2 aromatic carbocycles. The van der Waals surface area contributed by atoms with Crippen LogP contribution in [0.1, 0.15) is 22.8 Å². The van der Waals surface area contributed by atoms with Crippen LogP contribution in [0.25, 0.3) is 0 Å². The van der Waals surface area contributed by atoms with Gasteiger partial charge in [0.05, 0.1) is 6.61 Å². The van der Waals surface area contributed by atoms with Gasteiger partial charge in [0.2, 0.25) is 0 Å². The van der Waals surface area contributed by atoms with Crippen molar-refractivity contribution in [3.8, 4) is 5.75 Å². The largest absolute Gasteiger partial charge is 0.534 e. The molecule has 3 rings (SSSR count). The Balaban J connectivity index is 1.87. The molecule has 9 heteroatoms. The lowest BCUT2D eigenvalue weighted by molar-refractivity contribution is -0.0500. The van der Waals surface area contributed by atoms with Gasteiger partial charge in [0.15, 0.2) is 0 Å². The number of hydrogen-bond donors (Lipinski definition) is 0. The molecule has 0 spiro atoms. The summed E-state index contributed by atoms with van der Waals surface area (Å²) in [5.41, 5.74) is -3.68. The van der Waals surface area contributed by atoms with E-state index in [0.29, 0.717) is 16.7 Å². The van der Waals surface area contributed by atoms with Crippen LogP contribution < -0.4 is 4.18 Å². The van der Waals surface area contributed by atoms with Crippen molar-refractivity contribution < 1.29 is 34.9 Å². The van der Waals surface area contributed by atoms with Crippen molar-refractivity contribution in [3.63, 3.8) is 0 Å². The minimum absolute atomic E-state index is 0.0701. The molecule has 1 aliphatic heterocycles. The number of rotatable bonds is 3. The maximum absolute atomic E-state index is 13.0. The maximum Gasteiger partial charge on any atom is 0.534 e. The standard InChI is InChI=1S/C15H10F4O4S/c16-11-3-1-9(2-4-11)14-13-6-5-12(7-10(13)8-22-14)23-24(20,21)15(17,18)19/h1-7,14H,8H2. The first-order chi connectivity index (χ1) is 11.2. The molecule has 2 aromatic rings. The van der Waals surface area contributed by atoms with Crippen molar-refractivity contribution in [2.75, 3.05) is 0 Å². The van der Waals surface area contributed by atoms with E-state index in [1.807, 2.05) is 0 Å². The number of alkyl halides is 3. The zero-order valence-electron chi connectivity index (χ0n) is 11.9. The fourth-order valence-electron chi connectivity index (χ4n) is 2.36. The predicted molar refractivity (Wildman–Crippen MR) is 75.1 cm³/mol. The fraction of sp³-hybridized carbons (Fsp3) is 0.200. The van der Waals surface area contributed by atoms with E-state index in [-0.39, 0.29) is 6.61 Å². The summed E-state index contributed by atoms with van der Waals surface area (Å²) in [6.45, 7) is 0.0701. The molecular formula is C15H10F4O4S. The Morgan fingerprint density at radius 1 is 1.08 bits per heavy atom. The molecule has 1 heterocycles. The SMILES string of the molecule is O=S(=O)(Oc1ccc2c(c1)COC2c1ccc(F)cc1)C(F)(F)F. The third-order valence-corrected chi connectivity index (χ3v) is 4.44. The Morgan fingerprint density at radius 3 is 2.38 bits per heavy atom. The Kier molecular flexibility index (Phi) is 4.00. The Labute approximate surface area is 134 Å². The lowest BCUT2D eigenvalue weighted by Crippen LogP contribution is -2.28. The van der Waals surface area contributed by atoms with Gasteiger partial charge in [-0.15, -0.1) is 0 Å². The lowest BCUT2D eigenvalue weighted by atomic mass is 9.99. The summed E-state index contributed by atoms with van der Waals surface area (Å²) in [5, 5.41) is 0. The first-order valence-corrected chi connectivity index (χ1v) is 8.09. The van der Waals surface area contributed by atoms with E-state index in [0.717, 1.165) is 6.07 Å². The lowest BCUT2D eigenvalue weighted by Gasteiger charge is -2.12. The summed E-state index contributed by atoms with van der Waals surface area (Å²) < 4.78 is 81.7. The summed E-state index contributed by atoms with van der Waals surface area (Å²) in [6, 6.07) is 9.34. The van der Waals surface area contributed by atoms with Gasteiger partial charge in [0.25, 0.3) is 0 Å². The number of fused-ring (bicyclic) bond motifs is 1. The third-order valence-electron chi connectivity index (χ3n) is 3.46. The molecule has 0 amide bonds. The number of halogens is 4. The molecule has 1 atom stereocenters. The van der Waals surface area contributed by atoms with Crippen LogP contribution in [0.2, 0.25) is 0 Å². The van der Waals surface area contributed by atoms with Gasteiger partial charge in [0, 0.05) is 0 Å². The molecule has 0 aliphatic carbocycles. The zero-order chi connectivity index (χ0) is 17.5. The monoisotopic (exact) mass is 362 g/mol. The zero-order valence-corrected chi connectivity index (χ0v) is 12.7. The molecule has 0 bridgehead atoms. The van der Waals surface area contributed by atoms with Crippen LogP contribution >= 0.6 is 0 Å². The highest BCUT2D eigenvalue weighted by Gasteiger charge is 2.48. The molecule has 1 unspecified atom stereocenters. The van der Waals surface area contributed by atoms with Gasteiger partial charge in [-0.3, -0.25) is 0 Å². The van der Waals surface area contributed by atoms with E-state index in [1.165, 1.54) is 36.4 Å². The van der Waals surface area contributed by atoms with E-state index in [2.05, 4.69) is 4.18 Å². The second-order valence-electron chi connectivity index (χ2n) is 5.09. The molecule has 4 nitrogen and oxygen atoms in total. The Morgan fingerprint density at radius 2 is 1.75 bits per heavy atom. The van der Waals surface area contributed by atoms with Crippen molar-refractivity contribution in [1.29, 1.82) is 0 Å². The van der Waals surface area contributed by atoms with E-state index >= 15 is 0 Å². The van der Waals surface area contributed by atoms with Crippen LogP contribution in [0.3, 0.4) is 0 Å². The van der Waals surface area contributed by atoms with Crippen LogP contribution in [0.15, 0.2) is 42.5 Å². The maximum atomic E-state index is 13.0. The van der Waals surface area contributed by atoms with Crippen LogP contribution in [0, 0.1) is 5.82 Å². The number of ether oxygens (including phenoxy) is 1. The minimum atomic E-state index is -5.72. The summed E-state index contributed by atoms with van der Waals surface area (Å²) in [4.78, 5) is 0. The third kappa shape index (κ3) is 3.09. The fourth-order valence-corrected chi connectivity index (χ4v) is 2.82. The van der Waals surface area contributed by atoms with Crippen LogP contribution in [0.5, 0.6) is 5.75 Å². The molecule has 0 radical (unpaired) electrons. The smallest absolute Gasteiger partial charge is 0.376 e. The summed E-state index contributed by atoms with van der Waals surface area (Å²) in [6.07, 6.45) is -0.506. The molecule has 0 N–H and O–H groups in total. The average Bonchev–Trinajstić information content (AvgIpc) is 2.89. The molecule has 1 aliphatic rings. The molecule has 0 saturated carbocycles. The predicted octanol–water partition coefficient (Wildman–Crippen LogP) is 3.67. The highest BCUT2D eigenvalue weighted by atomic mass is 32.2. The van der Waals surface area contributed by atoms with Crippen molar-refractivity contribution >= 4 is 10.1 Å². The molecular weight excluding hydrogens is 352 g/mol. The van der Waals surface area contributed by atoms with Crippen LogP contribution in [0.4, 0.5) is 17.6 Å². The van der Waals surface area contributed by atoms with E-state index in [4.69, 9.17) is 4.74 Å². The molecule has 24 heavy (non-hydrogen) atoms. The van der Waals surface area contributed by atoms with E-state index in [1.54, 1.807) is 0 Å². The van der Waals surface area contributed by atoms with E-state index in [9.17, 15) is 26.0 Å². The van der Waals surface area contributed by atoms with Gasteiger partial charge in [-0.25, -0.2) is 4.39 Å². The number of benzene rings is 2. The van der Waals surface area contributed by atoms with Crippen molar-refractivity contribution in [2.45, 2.75) is 18.2 Å². The number of hydrogen-bond acceptors (Lipinski definition) is 4. The van der Waals surface area contributed by atoms with Gasteiger partial charge in [-0.05, 0) is 41.0 Å². The first-order valence-electron chi connectivity index (χ1n) is 6.68. The second kappa shape index (κ2) is 5.75. The van der Waals surface area contributed by atoms with Crippen molar-refractivity contribution in [3.05, 3.63) is 65.0 Å². The van der Waals surface area contributed by atoms with Crippen LogP contribution in [-0.2, 0) is 21.5 Å². The Hall–Kier alpha value is -2.13.